The molecule has 0 bridgehead atoms. The van der Waals surface area contributed by atoms with Crippen LogP contribution in [0.1, 0.15) is 26.2 Å². The van der Waals surface area contributed by atoms with E-state index in [1.54, 1.807) is 0 Å². The SMILES string of the molecule is CC1(C2CCNCC2)CCNC(=O)N1. The minimum atomic E-state index is -0.00252. The number of hydrogen-bond acceptors (Lipinski definition) is 2. The second-order valence-corrected chi connectivity index (χ2v) is 4.57. The molecule has 4 nitrogen and oxygen atoms in total. The van der Waals surface area contributed by atoms with Crippen molar-refractivity contribution < 1.29 is 4.79 Å². The highest BCUT2D eigenvalue weighted by Crippen LogP contribution is 2.29. The molecule has 0 radical (unpaired) electrons. The summed E-state index contributed by atoms with van der Waals surface area (Å²) in [4.78, 5) is 11.3. The van der Waals surface area contributed by atoms with E-state index in [9.17, 15) is 4.79 Å². The van der Waals surface area contributed by atoms with Gasteiger partial charge in [0.05, 0.1) is 0 Å². The first kappa shape index (κ1) is 9.77. The van der Waals surface area contributed by atoms with E-state index in [4.69, 9.17) is 0 Å². The highest BCUT2D eigenvalue weighted by atomic mass is 16.2. The second kappa shape index (κ2) is 3.77. The van der Waals surface area contributed by atoms with Crippen LogP contribution in [0, 0.1) is 5.92 Å². The standard InChI is InChI=1S/C10H19N3O/c1-10(4-7-12-9(14)13-10)8-2-5-11-6-3-8/h8,11H,2-7H2,1H3,(H2,12,13,14). The van der Waals surface area contributed by atoms with Crippen molar-refractivity contribution in [3.63, 3.8) is 0 Å². The highest BCUT2D eigenvalue weighted by molar-refractivity contribution is 5.75. The quantitative estimate of drug-likeness (QED) is 0.571. The molecule has 3 N–H and O–H groups in total. The fraction of sp³-hybridized carbons (Fsp3) is 0.900. The Bertz CT molecular complexity index is 225. The number of urea groups is 1. The molecule has 14 heavy (non-hydrogen) atoms. The van der Waals surface area contributed by atoms with E-state index < -0.39 is 0 Å². The summed E-state index contributed by atoms with van der Waals surface area (Å²) in [6.45, 7) is 5.17. The van der Waals surface area contributed by atoms with Gasteiger partial charge >= 0.3 is 6.03 Å². The predicted octanol–water partition coefficient (Wildman–Crippen LogP) is 0.448. The molecule has 2 fully saturated rings. The summed E-state index contributed by atoms with van der Waals surface area (Å²) in [7, 11) is 0. The van der Waals surface area contributed by atoms with Crippen molar-refractivity contribution in [2.45, 2.75) is 31.7 Å². The van der Waals surface area contributed by atoms with Gasteiger partial charge in [-0.05, 0) is 45.2 Å². The number of piperidine rings is 1. The van der Waals surface area contributed by atoms with Gasteiger partial charge in [-0.15, -0.1) is 0 Å². The van der Waals surface area contributed by atoms with E-state index >= 15 is 0 Å². The van der Waals surface area contributed by atoms with Gasteiger partial charge in [-0.3, -0.25) is 0 Å². The lowest BCUT2D eigenvalue weighted by atomic mass is 9.76. The monoisotopic (exact) mass is 197 g/mol. The molecule has 1 atom stereocenters. The Hall–Kier alpha value is -0.770. The van der Waals surface area contributed by atoms with Gasteiger partial charge in [-0.2, -0.15) is 0 Å². The average Bonchev–Trinajstić information content (AvgIpc) is 2.19. The lowest BCUT2D eigenvalue weighted by molar-refractivity contribution is 0.153. The van der Waals surface area contributed by atoms with Crippen LogP contribution < -0.4 is 16.0 Å². The van der Waals surface area contributed by atoms with Crippen molar-refractivity contribution in [2.24, 2.45) is 5.92 Å². The number of rotatable bonds is 1. The van der Waals surface area contributed by atoms with E-state index in [0.717, 1.165) is 26.1 Å². The molecule has 80 valence electrons. The molecule has 2 saturated heterocycles. The summed E-state index contributed by atoms with van der Waals surface area (Å²) >= 11 is 0. The van der Waals surface area contributed by atoms with E-state index in [0.29, 0.717) is 5.92 Å². The average molecular weight is 197 g/mol. The van der Waals surface area contributed by atoms with Gasteiger partial charge in [0.2, 0.25) is 0 Å². The summed E-state index contributed by atoms with van der Waals surface area (Å²) in [6, 6.07) is -0.00252. The Labute approximate surface area is 84.8 Å². The molecule has 2 aliphatic rings. The molecule has 0 aromatic heterocycles. The van der Waals surface area contributed by atoms with E-state index in [-0.39, 0.29) is 11.6 Å². The molecular formula is C10H19N3O. The molecule has 2 rings (SSSR count). The van der Waals surface area contributed by atoms with Crippen molar-refractivity contribution in [1.29, 1.82) is 0 Å². The van der Waals surface area contributed by atoms with Gasteiger partial charge in [0, 0.05) is 12.1 Å². The van der Waals surface area contributed by atoms with Gasteiger partial charge in [0.15, 0.2) is 0 Å². The molecule has 2 heterocycles. The maximum Gasteiger partial charge on any atom is 0.315 e. The van der Waals surface area contributed by atoms with Crippen LogP contribution in [0.2, 0.25) is 0 Å². The molecule has 2 amide bonds. The molecule has 4 heteroatoms. The van der Waals surface area contributed by atoms with Crippen LogP contribution in [0.3, 0.4) is 0 Å². The molecule has 0 aromatic carbocycles. The van der Waals surface area contributed by atoms with Crippen LogP contribution in [0.4, 0.5) is 4.79 Å². The van der Waals surface area contributed by atoms with Gasteiger partial charge in [-0.25, -0.2) is 4.79 Å². The summed E-state index contributed by atoms with van der Waals surface area (Å²) in [5.41, 5.74) is 0.0183. The van der Waals surface area contributed by atoms with Crippen LogP contribution in [0.5, 0.6) is 0 Å². The lowest BCUT2D eigenvalue weighted by Gasteiger charge is -2.43. The number of carbonyl (C=O) groups excluding carboxylic acids is 1. The van der Waals surface area contributed by atoms with Gasteiger partial charge in [0.25, 0.3) is 0 Å². The van der Waals surface area contributed by atoms with Crippen molar-refractivity contribution in [3.05, 3.63) is 0 Å². The van der Waals surface area contributed by atoms with E-state index in [1.807, 2.05) is 0 Å². The molecule has 2 aliphatic heterocycles. The van der Waals surface area contributed by atoms with Crippen LogP contribution >= 0.6 is 0 Å². The third-order valence-corrected chi connectivity index (χ3v) is 3.57. The Balaban J connectivity index is 2.01. The number of hydrogen-bond donors (Lipinski definition) is 3. The van der Waals surface area contributed by atoms with Gasteiger partial charge in [-0.1, -0.05) is 0 Å². The minimum Gasteiger partial charge on any atom is -0.338 e. The van der Waals surface area contributed by atoms with Crippen molar-refractivity contribution in [1.82, 2.24) is 16.0 Å². The first-order chi connectivity index (χ1) is 6.71. The third-order valence-electron chi connectivity index (χ3n) is 3.57. The normalized spacial score (nSPS) is 34.8. The lowest BCUT2D eigenvalue weighted by Crippen LogP contribution is -2.61. The fourth-order valence-electron chi connectivity index (χ4n) is 2.57. The minimum absolute atomic E-state index is 0.00252. The van der Waals surface area contributed by atoms with E-state index in [2.05, 4.69) is 22.9 Å². The Kier molecular flexibility index (Phi) is 2.63. The van der Waals surface area contributed by atoms with Crippen molar-refractivity contribution in [2.75, 3.05) is 19.6 Å². The zero-order valence-corrected chi connectivity index (χ0v) is 8.73. The Morgan fingerprint density at radius 3 is 2.64 bits per heavy atom. The smallest absolute Gasteiger partial charge is 0.315 e. The largest absolute Gasteiger partial charge is 0.338 e. The number of carbonyl (C=O) groups is 1. The summed E-state index contributed by atoms with van der Waals surface area (Å²) in [5, 5.41) is 9.25. The summed E-state index contributed by atoms with van der Waals surface area (Å²) < 4.78 is 0. The predicted molar refractivity (Wildman–Crippen MR) is 55.2 cm³/mol. The van der Waals surface area contributed by atoms with Crippen LogP contribution in [0.25, 0.3) is 0 Å². The first-order valence-corrected chi connectivity index (χ1v) is 5.47. The van der Waals surface area contributed by atoms with Gasteiger partial charge < -0.3 is 16.0 Å². The fourth-order valence-corrected chi connectivity index (χ4v) is 2.57. The number of nitrogens with one attached hydrogen (secondary N) is 3. The zero-order valence-electron chi connectivity index (χ0n) is 8.73. The van der Waals surface area contributed by atoms with Crippen LogP contribution in [-0.4, -0.2) is 31.2 Å². The molecular weight excluding hydrogens is 178 g/mol. The zero-order chi connectivity index (χ0) is 10.0. The molecule has 0 spiro atoms. The maximum absolute atomic E-state index is 11.3. The summed E-state index contributed by atoms with van der Waals surface area (Å²) in [6.07, 6.45) is 3.40. The highest BCUT2D eigenvalue weighted by Gasteiger charge is 2.38. The first-order valence-electron chi connectivity index (χ1n) is 5.47. The summed E-state index contributed by atoms with van der Waals surface area (Å²) in [5.74, 6) is 0.634. The second-order valence-electron chi connectivity index (χ2n) is 4.57. The molecule has 1 unspecified atom stereocenters. The third kappa shape index (κ3) is 1.85. The Morgan fingerprint density at radius 2 is 2.00 bits per heavy atom. The van der Waals surface area contributed by atoms with Crippen LogP contribution in [0.15, 0.2) is 0 Å². The molecule has 0 saturated carbocycles. The molecule has 0 aromatic rings. The van der Waals surface area contributed by atoms with Crippen molar-refractivity contribution >= 4 is 6.03 Å². The van der Waals surface area contributed by atoms with E-state index in [1.165, 1.54) is 12.8 Å². The topological polar surface area (TPSA) is 53.2 Å². The van der Waals surface area contributed by atoms with Gasteiger partial charge in [0.1, 0.15) is 0 Å². The number of amides is 2. The van der Waals surface area contributed by atoms with Crippen molar-refractivity contribution in [3.8, 4) is 0 Å². The Morgan fingerprint density at radius 1 is 1.29 bits per heavy atom. The molecule has 0 aliphatic carbocycles. The van der Waals surface area contributed by atoms with Crippen LogP contribution in [-0.2, 0) is 0 Å². The maximum atomic E-state index is 11.3.